The fourth-order valence-corrected chi connectivity index (χ4v) is 3.43. The van der Waals surface area contributed by atoms with Crippen molar-refractivity contribution < 1.29 is 23.9 Å². The Labute approximate surface area is 185 Å². The maximum atomic E-state index is 11.1. The second kappa shape index (κ2) is 9.43. The Balaban J connectivity index is 1.69. The van der Waals surface area contributed by atoms with Crippen LogP contribution < -0.4 is 5.46 Å². The van der Waals surface area contributed by atoms with E-state index >= 15 is 0 Å². The van der Waals surface area contributed by atoms with E-state index in [-0.39, 0.29) is 6.10 Å². The zero-order valence-electron chi connectivity index (χ0n) is 19.0. The van der Waals surface area contributed by atoms with Crippen LogP contribution in [0.2, 0.25) is 0 Å². The second-order valence-electron chi connectivity index (χ2n) is 9.04. The molecule has 1 atom stereocenters. The highest BCUT2D eigenvalue weighted by molar-refractivity contribution is 6.62. The van der Waals surface area contributed by atoms with Crippen molar-refractivity contribution in [3.63, 3.8) is 0 Å². The molecule has 3 rings (SSSR count). The highest BCUT2D eigenvalue weighted by Crippen LogP contribution is 2.36. The maximum absolute atomic E-state index is 11.1. The Morgan fingerprint density at radius 3 is 2.32 bits per heavy atom. The lowest BCUT2D eigenvalue weighted by Gasteiger charge is -2.32. The van der Waals surface area contributed by atoms with Gasteiger partial charge in [-0.15, -0.1) is 0 Å². The SMILES string of the molecule is CN(CCC(OCc1cccc(B2OC(C)(C)C(C)(C)O2)c1)c1ccccc1)C(=O)O. The second-order valence-corrected chi connectivity index (χ2v) is 9.04. The van der Waals surface area contributed by atoms with Gasteiger partial charge in [0.2, 0.25) is 0 Å². The molecule has 1 N–H and O–H groups in total. The smallest absolute Gasteiger partial charge is 0.465 e. The Hall–Kier alpha value is -2.35. The summed E-state index contributed by atoms with van der Waals surface area (Å²) < 4.78 is 18.6. The van der Waals surface area contributed by atoms with Gasteiger partial charge in [0.15, 0.2) is 0 Å². The Bertz CT molecular complexity index is 871. The number of hydrogen-bond donors (Lipinski definition) is 1. The van der Waals surface area contributed by atoms with Crippen LogP contribution in [-0.2, 0) is 20.7 Å². The molecule has 1 amide bonds. The first kappa shape index (κ1) is 23.3. The van der Waals surface area contributed by atoms with Crippen LogP contribution in [0.25, 0.3) is 0 Å². The molecule has 2 aromatic carbocycles. The number of ether oxygens (including phenoxy) is 1. The van der Waals surface area contributed by atoms with Gasteiger partial charge in [0.05, 0.1) is 23.9 Å². The fourth-order valence-electron chi connectivity index (χ4n) is 3.43. The van der Waals surface area contributed by atoms with Gasteiger partial charge >= 0.3 is 13.2 Å². The van der Waals surface area contributed by atoms with Crippen molar-refractivity contribution in [3.05, 3.63) is 65.7 Å². The van der Waals surface area contributed by atoms with E-state index in [1.807, 2.05) is 82.3 Å². The molecular weight excluding hydrogens is 393 g/mol. The number of benzene rings is 2. The summed E-state index contributed by atoms with van der Waals surface area (Å²) in [6.45, 7) is 8.96. The van der Waals surface area contributed by atoms with Crippen molar-refractivity contribution >= 4 is 18.7 Å². The minimum atomic E-state index is -0.943. The molecule has 1 saturated heterocycles. The lowest BCUT2D eigenvalue weighted by molar-refractivity contribution is 0.00578. The number of hydrogen-bond acceptors (Lipinski definition) is 4. The maximum Gasteiger partial charge on any atom is 0.494 e. The predicted molar refractivity (Wildman–Crippen MR) is 121 cm³/mol. The van der Waals surface area contributed by atoms with Crippen molar-refractivity contribution in [1.29, 1.82) is 0 Å². The molecule has 0 bridgehead atoms. The number of nitrogens with zero attached hydrogens (tertiary/aromatic N) is 1. The first-order valence-electron chi connectivity index (χ1n) is 10.6. The zero-order chi connectivity index (χ0) is 22.6. The summed E-state index contributed by atoms with van der Waals surface area (Å²) in [7, 11) is 1.15. The molecule has 166 valence electrons. The lowest BCUT2D eigenvalue weighted by atomic mass is 9.78. The van der Waals surface area contributed by atoms with E-state index < -0.39 is 24.4 Å². The number of amides is 1. The fraction of sp³-hybridized carbons (Fsp3) is 0.458. The van der Waals surface area contributed by atoms with Crippen LogP contribution in [0.1, 0.15) is 51.3 Å². The Morgan fingerprint density at radius 1 is 1.06 bits per heavy atom. The van der Waals surface area contributed by atoms with Crippen LogP contribution in [0.5, 0.6) is 0 Å². The summed E-state index contributed by atoms with van der Waals surface area (Å²) in [4.78, 5) is 12.4. The molecule has 1 fully saturated rings. The number of carboxylic acid groups (broad SMARTS) is 1. The minimum Gasteiger partial charge on any atom is -0.465 e. The van der Waals surface area contributed by atoms with Gasteiger partial charge in [-0.1, -0.05) is 54.6 Å². The summed E-state index contributed by atoms with van der Waals surface area (Å²) in [6.07, 6.45) is -0.575. The largest absolute Gasteiger partial charge is 0.494 e. The third-order valence-corrected chi connectivity index (χ3v) is 6.15. The standard InChI is InChI=1S/C24H32BNO5/c1-23(2)24(3,4)31-25(30-23)20-13-9-10-18(16-20)17-29-21(14-15-26(5)22(27)28)19-11-7-6-8-12-19/h6-13,16,21H,14-15,17H2,1-5H3,(H,27,28). The van der Waals surface area contributed by atoms with Gasteiger partial charge in [0.1, 0.15) is 0 Å². The van der Waals surface area contributed by atoms with E-state index in [9.17, 15) is 4.79 Å². The molecule has 0 aromatic heterocycles. The molecule has 0 aliphatic carbocycles. The van der Waals surface area contributed by atoms with Gasteiger partial charge in [-0.2, -0.15) is 0 Å². The highest BCUT2D eigenvalue weighted by atomic mass is 16.7. The Morgan fingerprint density at radius 2 is 1.71 bits per heavy atom. The summed E-state index contributed by atoms with van der Waals surface area (Å²) >= 11 is 0. The molecule has 7 heteroatoms. The van der Waals surface area contributed by atoms with Crippen LogP contribution >= 0.6 is 0 Å². The topological polar surface area (TPSA) is 68.2 Å². The summed E-state index contributed by atoms with van der Waals surface area (Å²) in [5, 5.41) is 9.14. The van der Waals surface area contributed by atoms with E-state index in [1.165, 1.54) is 4.90 Å². The van der Waals surface area contributed by atoms with Gasteiger partial charge in [0.25, 0.3) is 0 Å². The molecule has 1 heterocycles. The van der Waals surface area contributed by atoms with Gasteiger partial charge < -0.3 is 24.1 Å². The van der Waals surface area contributed by atoms with Crippen molar-refractivity contribution in [2.24, 2.45) is 0 Å². The predicted octanol–water partition coefficient (Wildman–Crippen LogP) is 4.24. The monoisotopic (exact) mass is 425 g/mol. The van der Waals surface area contributed by atoms with E-state index in [2.05, 4.69) is 0 Å². The first-order valence-corrected chi connectivity index (χ1v) is 10.6. The van der Waals surface area contributed by atoms with Gasteiger partial charge in [-0.3, -0.25) is 0 Å². The third kappa shape index (κ3) is 5.67. The molecule has 0 spiro atoms. The lowest BCUT2D eigenvalue weighted by Crippen LogP contribution is -2.41. The molecule has 0 radical (unpaired) electrons. The molecule has 1 aliphatic heterocycles. The van der Waals surface area contributed by atoms with E-state index in [0.29, 0.717) is 19.6 Å². The van der Waals surface area contributed by atoms with Gasteiger partial charge in [0, 0.05) is 13.6 Å². The first-order chi connectivity index (χ1) is 14.6. The molecular formula is C24H32BNO5. The molecule has 1 unspecified atom stereocenters. The quantitative estimate of drug-likeness (QED) is 0.641. The highest BCUT2D eigenvalue weighted by Gasteiger charge is 2.51. The molecule has 6 nitrogen and oxygen atoms in total. The molecule has 0 saturated carbocycles. The summed E-state index contributed by atoms with van der Waals surface area (Å²) in [5.74, 6) is 0. The van der Waals surface area contributed by atoms with Crippen LogP contribution in [-0.4, -0.2) is 48.0 Å². The molecule has 2 aromatic rings. The van der Waals surface area contributed by atoms with Crippen molar-refractivity contribution in [2.75, 3.05) is 13.6 Å². The normalized spacial score (nSPS) is 18.0. The van der Waals surface area contributed by atoms with Crippen molar-refractivity contribution in [1.82, 2.24) is 4.90 Å². The third-order valence-electron chi connectivity index (χ3n) is 6.15. The van der Waals surface area contributed by atoms with Gasteiger partial charge in [-0.05, 0) is 50.7 Å². The average molecular weight is 425 g/mol. The average Bonchev–Trinajstić information content (AvgIpc) is 2.95. The van der Waals surface area contributed by atoms with E-state index in [1.54, 1.807) is 7.05 Å². The molecule has 1 aliphatic rings. The Kier molecular flexibility index (Phi) is 7.09. The van der Waals surface area contributed by atoms with Crippen LogP contribution in [0.15, 0.2) is 54.6 Å². The van der Waals surface area contributed by atoms with Gasteiger partial charge in [-0.25, -0.2) is 4.79 Å². The minimum absolute atomic E-state index is 0.205. The van der Waals surface area contributed by atoms with Crippen LogP contribution in [0.4, 0.5) is 4.79 Å². The number of rotatable bonds is 8. The van der Waals surface area contributed by atoms with Crippen molar-refractivity contribution in [2.45, 2.75) is 58.0 Å². The van der Waals surface area contributed by atoms with Crippen LogP contribution in [0, 0.1) is 0 Å². The van der Waals surface area contributed by atoms with E-state index in [0.717, 1.165) is 16.6 Å². The zero-order valence-corrected chi connectivity index (χ0v) is 19.0. The molecule has 31 heavy (non-hydrogen) atoms. The number of carbonyl (C=O) groups is 1. The van der Waals surface area contributed by atoms with Crippen molar-refractivity contribution in [3.8, 4) is 0 Å². The summed E-state index contributed by atoms with van der Waals surface area (Å²) in [5.41, 5.74) is 2.22. The summed E-state index contributed by atoms with van der Waals surface area (Å²) in [6, 6.07) is 17.9. The van der Waals surface area contributed by atoms with Crippen LogP contribution in [0.3, 0.4) is 0 Å². The van der Waals surface area contributed by atoms with E-state index in [4.69, 9.17) is 19.2 Å².